The number of aromatic nitrogens is 1. The summed E-state index contributed by atoms with van der Waals surface area (Å²) in [6.07, 6.45) is 4.30. The van der Waals surface area contributed by atoms with Crippen LogP contribution in [-0.2, 0) is 4.74 Å². The van der Waals surface area contributed by atoms with E-state index in [-0.39, 0.29) is 12.1 Å². The number of ether oxygens (including phenoxy) is 1. The van der Waals surface area contributed by atoms with E-state index in [1.165, 1.54) is 0 Å². The van der Waals surface area contributed by atoms with Crippen LogP contribution in [0.4, 0.5) is 16.2 Å². The van der Waals surface area contributed by atoms with Crippen molar-refractivity contribution in [1.29, 1.82) is 0 Å². The fourth-order valence-electron chi connectivity index (χ4n) is 2.75. The van der Waals surface area contributed by atoms with Gasteiger partial charge in [-0.15, -0.1) is 0 Å². The normalized spacial score (nSPS) is 22.4. The van der Waals surface area contributed by atoms with Gasteiger partial charge in [0, 0.05) is 39.0 Å². The number of hydrogen-bond donors (Lipinski definition) is 2. The second-order valence-electron chi connectivity index (χ2n) is 5.42. The van der Waals surface area contributed by atoms with Crippen LogP contribution in [0.5, 0.6) is 0 Å². The SMILES string of the molecule is Nc1cnccc1N1CCN(C(=O)NC2CCOC2)CC1. The molecular formula is C14H21N5O2. The Kier molecular flexibility index (Phi) is 4.10. The van der Waals surface area contributed by atoms with Crippen LogP contribution in [0.15, 0.2) is 18.5 Å². The Labute approximate surface area is 124 Å². The number of carbonyl (C=O) groups excluding carboxylic acids is 1. The molecule has 2 aliphatic heterocycles. The molecule has 1 unspecified atom stereocenters. The second-order valence-corrected chi connectivity index (χ2v) is 5.42. The highest BCUT2D eigenvalue weighted by atomic mass is 16.5. The third-order valence-corrected chi connectivity index (χ3v) is 3.99. The Bertz CT molecular complexity index is 496. The number of nitrogens with two attached hydrogens (primary N) is 1. The summed E-state index contributed by atoms with van der Waals surface area (Å²) in [5.74, 6) is 0. The van der Waals surface area contributed by atoms with Crippen molar-refractivity contribution < 1.29 is 9.53 Å². The lowest BCUT2D eigenvalue weighted by Gasteiger charge is -2.36. The number of hydrogen-bond acceptors (Lipinski definition) is 5. The van der Waals surface area contributed by atoms with Gasteiger partial charge in [-0.25, -0.2) is 4.79 Å². The van der Waals surface area contributed by atoms with Gasteiger partial charge >= 0.3 is 6.03 Å². The van der Waals surface area contributed by atoms with E-state index in [0.717, 1.165) is 31.8 Å². The van der Waals surface area contributed by atoms with Crippen LogP contribution in [-0.4, -0.2) is 61.3 Å². The van der Waals surface area contributed by atoms with Crippen LogP contribution >= 0.6 is 0 Å². The third-order valence-electron chi connectivity index (χ3n) is 3.99. The van der Waals surface area contributed by atoms with Crippen molar-refractivity contribution in [1.82, 2.24) is 15.2 Å². The smallest absolute Gasteiger partial charge is 0.317 e. The Hall–Kier alpha value is -2.02. The van der Waals surface area contributed by atoms with Gasteiger partial charge in [-0.1, -0.05) is 0 Å². The molecule has 7 heteroatoms. The summed E-state index contributed by atoms with van der Waals surface area (Å²) >= 11 is 0. The van der Waals surface area contributed by atoms with Gasteiger partial charge < -0.3 is 25.6 Å². The second kappa shape index (κ2) is 6.17. The summed E-state index contributed by atoms with van der Waals surface area (Å²) in [5.41, 5.74) is 7.62. The largest absolute Gasteiger partial charge is 0.396 e. The number of rotatable bonds is 2. The first-order chi connectivity index (χ1) is 10.2. The van der Waals surface area contributed by atoms with Crippen LogP contribution in [0.3, 0.4) is 0 Å². The van der Waals surface area contributed by atoms with Crippen molar-refractivity contribution in [3.05, 3.63) is 18.5 Å². The molecule has 3 rings (SSSR count). The van der Waals surface area contributed by atoms with Crippen LogP contribution < -0.4 is 16.0 Å². The van der Waals surface area contributed by atoms with Gasteiger partial charge in [0.05, 0.1) is 30.2 Å². The van der Waals surface area contributed by atoms with Crippen molar-refractivity contribution in [2.24, 2.45) is 0 Å². The monoisotopic (exact) mass is 291 g/mol. The lowest BCUT2D eigenvalue weighted by Crippen LogP contribution is -2.53. The van der Waals surface area contributed by atoms with Crippen molar-refractivity contribution >= 4 is 17.4 Å². The summed E-state index contributed by atoms with van der Waals surface area (Å²) in [5, 5.41) is 3.02. The highest BCUT2D eigenvalue weighted by molar-refractivity contribution is 5.75. The molecule has 2 aliphatic rings. The van der Waals surface area contributed by atoms with Gasteiger partial charge in [-0.05, 0) is 12.5 Å². The number of carbonyl (C=O) groups is 1. The number of anilines is 2. The number of nitrogens with zero attached hydrogens (tertiary/aromatic N) is 3. The summed E-state index contributed by atoms with van der Waals surface area (Å²) in [7, 11) is 0. The van der Waals surface area contributed by atoms with E-state index in [9.17, 15) is 4.79 Å². The number of nitrogen functional groups attached to an aromatic ring is 1. The predicted molar refractivity (Wildman–Crippen MR) is 80.2 cm³/mol. The molecule has 0 saturated carbocycles. The fraction of sp³-hybridized carbons (Fsp3) is 0.571. The molecule has 3 heterocycles. The summed E-state index contributed by atoms with van der Waals surface area (Å²) < 4.78 is 5.27. The molecule has 21 heavy (non-hydrogen) atoms. The van der Waals surface area contributed by atoms with Gasteiger partial charge in [-0.2, -0.15) is 0 Å². The minimum absolute atomic E-state index is 0.00727. The maximum Gasteiger partial charge on any atom is 0.317 e. The molecule has 1 aromatic heterocycles. The quantitative estimate of drug-likeness (QED) is 0.818. The van der Waals surface area contributed by atoms with E-state index in [2.05, 4.69) is 15.2 Å². The third kappa shape index (κ3) is 3.18. The van der Waals surface area contributed by atoms with Crippen LogP contribution in [0.1, 0.15) is 6.42 Å². The Morgan fingerprint density at radius 2 is 2.19 bits per heavy atom. The molecule has 0 aromatic carbocycles. The lowest BCUT2D eigenvalue weighted by molar-refractivity contribution is 0.176. The van der Waals surface area contributed by atoms with Gasteiger partial charge in [0.25, 0.3) is 0 Å². The first-order valence-electron chi connectivity index (χ1n) is 7.31. The summed E-state index contributed by atoms with van der Waals surface area (Å²) in [4.78, 5) is 20.2. The Balaban J connectivity index is 1.52. The Morgan fingerprint density at radius 3 is 2.86 bits per heavy atom. The zero-order valence-corrected chi connectivity index (χ0v) is 12.0. The maximum atomic E-state index is 12.2. The minimum Gasteiger partial charge on any atom is -0.396 e. The molecule has 1 aromatic rings. The molecule has 0 bridgehead atoms. The molecule has 0 radical (unpaired) electrons. The highest BCUT2D eigenvalue weighted by Crippen LogP contribution is 2.22. The van der Waals surface area contributed by atoms with Crippen LogP contribution in [0.2, 0.25) is 0 Å². The molecule has 1 atom stereocenters. The molecule has 2 amide bonds. The molecule has 114 valence electrons. The zero-order valence-electron chi connectivity index (χ0n) is 12.0. The van der Waals surface area contributed by atoms with Crippen LogP contribution in [0.25, 0.3) is 0 Å². The summed E-state index contributed by atoms with van der Waals surface area (Å²) in [6, 6.07) is 2.08. The van der Waals surface area contributed by atoms with Gasteiger partial charge in [-0.3, -0.25) is 4.98 Å². The van der Waals surface area contributed by atoms with E-state index in [4.69, 9.17) is 10.5 Å². The minimum atomic E-state index is 0.00727. The van der Waals surface area contributed by atoms with Gasteiger partial charge in [0.1, 0.15) is 0 Å². The topological polar surface area (TPSA) is 83.7 Å². The molecule has 7 nitrogen and oxygen atoms in total. The first kappa shape index (κ1) is 13.9. The molecule has 0 spiro atoms. The average Bonchev–Trinajstić information content (AvgIpc) is 3.01. The molecule has 3 N–H and O–H groups in total. The number of urea groups is 1. The molecule has 0 aliphatic carbocycles. The van der Waals surface area contributed by atoms with Crippen molar-refractivity contribution in [3.8, 4) is 0 Å². The molecular weight excluding hydrogens is 270 g/mol. The van der Waals surface area contributed by atoms with E-state index in [1.807, 2.05) is 11.0 Å². The number of amides is 2. The van der Waals surface area contributed by atoms with E-state index < -0.39 is 0 Å². The number of pyridine rings is 1. The molecule has 2 fully saturated rings. The van der Waals surface area contributed by atoms with E-state index in [0.29, 0.717) is 25.4 Å². The van der Waals surface area contributed by atoms with Crippen molar-refractivity contribution in [3.63, 3.8) is 0 Å². The van der Waals surface area contributed by atoms with Gasteiger partial charge in [0.15, 0.2) is 0 Å². The number of nitrogens with one attached hydrogen (secondary N) is 1. The highest BCUT2D eigenvalue weighted by Gasteiger charge is 2.25. The molecule has 2 saturated heterocycles. The van der Waals surface area contributed by atoms with Gasteiger partial charge in [0.2, 0.25) is 0 Å². The lowest BCUT2D eigenvalue weighted by atomic mass is 10.2. The standard InChI is InChI=1S/C14H21N5O2/c15-12-9-16-3-1-13(12)18-4-6-19(7-5-18)14(20)17-11-2-8-21-10-11/h1,3,9,11H,2,4-8,10,15H2,(H,17,20). The van der Waals surface area contributed by atoms with Crippen LogP contribution in [0, 0.1) is 0 Å². The average molecular weight is 291 g/mol. The van der Waals surface area contributed by atoms with Crippen molar-refractivity contribution in [2.75, 3.05) is 50.0 Å². The van der Waals surface area contributed by atoms with E-state index >= 15 is 0 Å². The fourth-order valence-corrected chi connectivity index (χ4v) is 2.75. The zero-order chi connectivity index (χ0) is 14.7. The van der Waals surface area contributed by atoms with E-state index in [1.54, 1.807) is 12.4 Å². The maximum absolute atomic E-state index is 12.2. The number of piperazine rings is 1. The van der Waals surface area contributed by atoms with Crippen molar-refractivity contribution in [2.45, 2.75) is 12.5 Å². The first-order valence-corrected chi connectivity index (χ1v) is 7.31. The predicted octanol–water partition coefficient (Wildman–Crippen LogP) is 0.284. The Morgan fingerprint density at radius 1 is 1.38 bits per heavy atom. The summed E-state index contributed by atoms with van der Waals surface area (Å²) in [6.45, 7) is 4.31.